The number of nitrogens with zero attached hydrogens (tertiary/aromatic N) is 3. The summed E-state index contributed by atoms with van der Waals surface area (Å²) < 4.78 is 1.74. The van der Waals surface area contributed by atoms with Gasteiger partial charge in [0, 0.05) is 38.3 Å². The SMILES string of the molecule is CC(=O)SC1CC(=O)N(c2cc(C(C)C)nn2C)C1. The number of amides is 1. The van der Waals surface area contributed by atoms with Crippen molar-refractivity contribution in [2.75, 3.05) is 11.4 Å². The number of carbonyl (C=O) groups is 2. The summed E-state index contributed by atoms with van der Waals surface area (Å²) in [4.78, 5) is 24.9. The molecule has 1 atom stereocenters. The van der Waals surface area contributed by atoms with E-state index in [0.29, 0.717) is 18.9 Å². The van der Waals surface area contributed by atoms with E-state index in [1.165, 1.54) is 11.8 Å². The van der Waals surface area contributed by atoms with Gasteiger partial charge in [0.2, 0.25) is 5.91 Å². The molecule has 0 radical (unpaired) electrons. The Hall–Kier alpha value is -1.30. The van der Waals surface area contributed by atoms with Crippen LogP contribution in [-0.4, -0.2) is 32.6 Å². The Morgan fingerprint density at radius 2 is 2.21 bits per heavy atom. The quantitative estimate of drug-likeness (QED) is 0.849. The molecule has 0 bridgehead atoms. The third kappa shape index (κ3) is 3.00. The zero-order valence-electron chi connectivity index (χ0n) is 11.7. The fraction of sp³-hybridized carbons (Fsp3) is 0.615. The van der Waals surface area contributed by atoms with Crippen LogP contribution in [0.4, 0.5) is 5.82 Å². The van der Waals surface area contributed by atoms with Crippen molar-refractivity contribution in [3.05, 3.63) is 11.8 Å². The predicted octanol–water partition coefficient (Wildman–Crippen LogP) is 1.93. The predicted molar refractivity (Wildman–Crippen MR) is 76.3 cm³/mol. The van der Waals surface area contributed by atoms with Gasteiger partial charge in [0.1, 0.15) is 5.82 Å². The highest BCUT2D eigenvalue weighted by molar-refractivity contribution is 8.14. The average molecular weight is 281 g/mol. The van der Waals surface area contributed by atoms with E-state index in [4.69, 9.17) is 0 Å². The summed E-state index contributed by atoms with van der Waals surface area (Å²) in [6, 6.07) is 1.96. The molecule has 0 N–H and O–H groups in total. The molecule has 1 aromatic rings. The first-order valence-corrected chi connectivity index (χ1v) is 7.28. The van der Waals surface area contributed by atoms with E-state index in [1.54, 1.807) is 16.5 Å². The average Bonchev–Trinajstić information content (AvgIpc) is 2.81. The lowest BCUT2D eigenvalue weighted by atomic mass is 10.1. The third-order valence-electron chi connectivity index (χ3n) is 3.16. The van der Waals surface area contributed by atoms with Gasteiger partial charge in [0.05, 0.1) is 5.69 Å². The number of rotatable bonds is 3. The Bertz CT molecular complexity index is 510. The first-order chi connectivity index (χ1) is 8.88. The van der Waals surface area contributed by atoms with Crippen molar-refractivity contribution in [3.8, 4) is 0 Å². The molecule has 1 fully saturated rings. The molecule has 1 saturated heterocycles. The molecule has 5 nitrogen and oxygen atoms in total. The van der Waals surface area contributed by atoms with Crippen molar-refractivity contribution in [1.82, 2.24) is 9.78 Å². The van der Waals surface area contributed by atoms with Crippen molar-refractivity contribution in [1.29, 1.82) is 0 Å². The maximum atomic E-state index is 12.1. The minimum Gasteiger partial charge on any atom is -0.296 e. The van der Waals surface area contributed by atoms with Crippen LogP contribution in [-0.2, 0) is 16.6 Å². The molecule has 1 unspecified atom stereocenters. The minimum absolute atomic E-state index is 0.0578. The molecule has 0 saturated carbocycles. The summed E-state index contributed by atoms with van der Waals surface area (Å²) in [5, 5.41) is 4.54. The minimum atomic E-state index is 0.0578. The van der Waals surface area contributed by atoms with E-state index < -0.39 is 0 Å². The molecule has 1 aliphatic rings. The van der Waals surface area contributed by atoms with Gasteiger partial charge in [0.25, 0.3) is 0 Å². The van der Waals surface area contributed by atoms with Gasteiger partial charge < -0.3 is 0 Å². The van der Waals surface area contributed by atoms with Gasteiger partial charge in [0.15, 0.2) is 5.12 Å². The third-order valence-corrected chi connectivity index (χ3v) is 4.15. The first kappa shape index (κ1) is 14.1. The second-order valence-electron chi connectivity index (χ2n) is 5.15. The van der Waals surface area contributed by atoms with Gasteiger partial charge in [-0.3, -0.25) is 19.2 Å². The van der Waals surface area contributed by atoms with Gasteiger partial charge in [-0.1, -0.05) is 25.6 Å². The summed E-state index contributed by atoms with van der Waals surface area (Å²) in [5.41, 5.74) is 0.980. The molecule has 1 amide bonds. The van der Waals surface area contributed by atoms with Crippen LogP contribution in [0, 0.1) is 0 Å². The topological polar surface area (TPSA) is 55.2 Å². The standard InChI is InChI=1S/C13H19N3O2S/c1-8(2)11-6-12(15(4)14-11)16-7-10(5-13(16)18)19-9(3)17/h6,8,10H,5,7H2,1-4H3. The molecule has 2 rings (SSSR count). The van der Waals surface area contributed by atoms with E-state index in [9.17, 15) is 9.59 Å². The van der Waals surface area contributed by atoms with Crippen molar-refractivity contribution >= 4 is 28.6 Å². The maximum absolute atomic E-state index is 12.1. The Morgan fingerprint density at radius 1 is 1.53 bits per heavy atom. The zero-order valence-corrected chi connectivity index (χ0v) is 12.5. The fourth-order valence-electron chi connectivity index (χ4n) is 2.22. The highest BCUT2D eigenvalue weighted by Gasteiger charge is 2.33. The van der Waals surface area contributed by atoms with Crippen LogP contribution in [0.25, 0.3) is 0 Å². The van der Waals surface area contributed by atoms with Crippen LogP contribution in [0.2, 0.25) is 0 Å². The van der Waals surface area contributed by atoms with Gasteiger partial charge in [-0.05, 0) is 5.92 Å². The molecule has 104 valence electrons. The largest absolute Gasteiger partial charge is 0.296 e. The van der Waals surface area contributed by atoms with Crippen LogP contribution in [0.15, 0.2) is 6.07 Å². The Morgan fingerprint density at radius 3 is 2.74 bits per heavy atom. The highest BCUT2D eigenvalue weighted by Crippen LogP contribution is 2.29. The number of anilines is 1. The summed E-state index contributed by atoms with van der Waals surface area (Å²) in [6.45, 7) is 6.28. The number of hydrogen-bond donors (Lipinski definition) is 0. The van der Waals surface area contributed by atoms with E-state index in [1.807, 2.05) is 13.1 Å². The number of aromatic nitrogens is 2. The summed E-state index contributed by atoms with van der Waals surface area (Å²) in [7, 11) is 1.85. The second-order valence-corrected chi connectivity index (χ2v) is 6.62. The second kappa shape index (κ2) is 5.36. The lowest BCUT2D eigenvalue weighted by molar-refractivity contribution is -0.117. The molecule has 0 spiro atoms. The smallest absolute Gasteiger partial charge is 0.229 e. The van der Waals surface area contributed by atoms with Crippen LogP contribution >= 0.6 is 11.8 Å². The molecule has 19 heavy (non-hydrogen) atoms. The molecule has 2 heterocycles. The summed E-state index contributed by atoms with van der Waals surface area (Å²) in [6.07, 6.45) is 0.423. The van der Waals surface area contributed by atoms with E-state index >= 15 is 0 Å². The molecule has 1 aromatic heterocycles. The van der Waals surface area contributed by atoms with E-state index in [-0.39, 0.29) is 16.3 Å². The van der Waals surface area contributed by atoms with Crippen LogP contribution < -0.4 is 4.90 Å². The Balaban J connectivity index is 2.18. The fourth-order valence-corrected chi connectivity index (χ4v) is 3.14. The monoisotopic (exact) mass is 281 g/mol. The van der Waals surface area contributed by atoms with Gasteiger partial charge >= 0.3 is 0 Å². The normalized spacial score (nSPS) is 19.5. The van der Waals surface area contributed by atoms with Crippen LogP contribution in [0.1, 0.15) is 38.8 Å². The summed E-state index contributed by atoms with van der Waals surface area (Å²) >= 11 is 1.25. The van der Waals surface area contributed by atoms with Gasteiger partial charge in [-0.25, -0.2) is 0 Å². The highest BCUT2D eigenvalue weighted by atomic mass is 32.2. The number of thioether (sulfide) groups is 1. The number of hydrogen-bond acceptors (Lipinski definition) is 4. The molecule has 0 aromatic carbocycles. The van der Waals surface area contributed by atoms with Crippen molar-refractivity contribution in [2.45, 2.75) is 38.4 Å². The summed E-state index contributed by atoms with van der Waals surface area (Å²) in [5.74, 6) is 1.22. The van der Waals surface area contributed by atoms with Gasteiger partial charge in [-0.2, -0.15) is 5.10 Å². The maximum Gasteiger partial charge on any atom is 0.229 e. The Kier molecular flexibility index (Phi) is 3.99. The van der Waals surface area contributed by atoms with Crippen LogP contribution in [0.5, 0.6) is 0 Å². The molecule has 6 heteroatoms. The van der Waals surface area contributed by atoms with E-state index in [2.05, 4.69) is 18.9 Å². The Labute approximate surface area is 117 Å². The zero-order chi connectivity index (χ0) is 14.2. The molecule has 1 aliphatic heterocycles. The van der Waals surface area contributed by atoms with Crippen molar-refractivity contribution in [2.24, 2.45) is 7.05 Å². The number of carbonyl (C=O) groups excluding carboxylic acids is 2. The number of aryl methyl sites for hydroxylation is 1. The molecular weight excluding hydrogens is 262 g/mol. The lowest BCUT2D eigenvalue weighted by Crippen LogP contribution is -2.27. The van der Waals surface area contributed by atoms with Crippen molar-refractivity contribution < 1.29 is 9.59 Å². The van der Waals surface area contributed by atoms with Gasteiger partial charge in [-0.15, -0.1) is 0 Å². The lowest BCUT2D eigenvalue weighted by Gasteiger charge is -2.15. The molecular formula is C13H19N3O2S. The molecule has 0 aliphatic carbocycles. The van der Waals surface area contributed by atoms with Crippen molar-refractivity contribution in [3.63, 3.8) is 0 Å². The first-order valence-electron chi connectivity index (χ1n) is 6.40. The van der Waals surface area contributed by atoms with Crippen LogP contribution in [0.3, 0.4) is 0 Å². The van der Waals surface area contributed by atoms with E-state index in [0.717, 1.165) is 11.5 Å².